The van der Waals surface area contributed by atoms with Crippen LogP contribution in [0.1, 0.15) is 45.1 Å². The third-order valence-electron chi connectivity index (χ3n) is 6.38. The lowest BCUT2D eigenvalue weighted by molar-refractivity contribution is -0.126. The Kier molecular flexibility index (Phi) is 8.79. The van der Waals surface area contributed by atoms with Crippen molar-refractivity contribution in [2.45, 2.75) is 45.3 Å². The SMILES string of the molecule is C[C@H]1C[C@H](C)CN(CCCNC(=O)C2CCN(S(=O)(=O)Cc3ccc(Cl)cc3)CC2)C1. The summed E-state index contributed by atoms with van der Waals surface area (Å²) in [6.45, 7) is 9.44. The minimum atomic E-state index is -3.39. The molecule has 0 aliphatic carbocycles. The van der Waals surface area contributed by atoms with E-state index in [-0.39, 0.29) is 17.6 Å². The minimum absolute atomic E-state index is 0.0330. The Balaban J connectivity index is 1.36. The van der Waals surface area contributed by atoms with Crippen molar-refractivity contribution >= 4 is 27.5 Å². The molecule has 1 aromatic carbocycles. The number of amides is 1. The van der Waals surface area contributed by atoms with Gasteiger partial charge in [-0.3, -0.25) is 4.79 Å². The molecule has 2 heterocycles. The van der Waals surface area contributed by atoms with Crippen molar-refractivity contribution in [1.82, 2.24) is 14.5 Å². The maximum atomic E-state index is 12.7. The summed E-state index contributed by atoms with van der Waals surface area (Å²) in [4.78, 5) is 15.0. The molecule has 3 rings (SSSR count). The fourth-order valence-electron chi connectivity index (χ4n) is 4.91. The summed E-state index contributed by atoms with van der Waals surface area (Å²) < 4.78 is 26.9. The highest BCUT2D eigenvalue weighted by Crippen LogP contribution is 2.23. The van der Waals surface area contributed by atoms with Crippen LogP contribution < -0.4 is 5.32 Å². The van der Waals surface area contributed by atoms with E-state index in [4.69, 9.17) is 11.6 Å². The van der Waals surface area contributed by atoms with Gasteiger partial charge in [-0.15, -0.1) is 0 Å². The third-order valence-corrected chi connectivity index (χ3v) is 8.48. The summed E-state index contributed by atoms with van der Waals surface area (Å²) in [5, 5.41) is 3.66. The molecule has 1 amide bonds. The van der Waals surface area contributed by atoms with Gasteiger partial charge in [0.05, 0.1) is 5.75 Å². The minimum Gasteiger partial charge on any atom is -0.356 e. The first-order chi connectivity index (χ1) is 14.7. The molecule has 1 N–H and O–H groups in total. The number of nitrogens with zero attached hydrogens (tertiary/aromatic N) is 2. The van der Waals surface area contributed by atoms with Crippen molar-refractivity contribution in [2.75, 3.05) is 39.3 Å². The van der Waals surface area contributed by atoms with E-state index in [9.17, 15) is 13.2 Å². The van der Waals surface area contributed by atoms with E-state index >= 15 is 0 Å². The summed E-state index contributed by atoms with van der Waals surface area (Å²) in [5.74, 6) is 1.43. The fourth-order valence-corrected chi connectivity index (χ4v) is 6.60. The van der Waals surface area contributed by atoms with Crippen LogP contribution >= 0.6 is 11.6 Å². The van der Waals surface area contributed by atoms with Crippen LogP contribution in [0, 0.1) is 17.8 Å². The van der Waals surface area contributed by atoms with E-state index in [1.165, 1.54) is 10.7 Å². The maximum absolute atomic E-state index is 12.7. The number of piperidine rings is 2. The van der Waals surface area contributed by atoms with E-state index in [1.54, 1.807) is 24.3 Å². The molecular weight excluding hydrogens is 434 g/mol. The number of benzene rings is 1. The zero-order chi connectivity index (χ0) is 22.4. The first kappa shape index (κ1) is 24.5. The van der Waals surface area contributed by atoms with E-state index < -0.39 is 10.0 Å². The average molecular weight is 470 g/mol. The number of carbonyl (C=O) groups excluding carboxylic acids is 1. The Morgan fingerprint density at radius 2 is 1.71 bits per heavy atom. The van der Waals surface area contributed by atoms with Crippen LogP contribution in [0.25, 0.3) is 0 Å². The second-order valence-electron chi connectivity index (χ2n) is 9.41. The molecular formula is C23H36ClN3O3S. The Morgan fingerprint density at radius 3 is 2.32 bits per heavy atom. The molecule has 1 aromatic rings. The smallest absolute Gasteiger partial charge is 0.223 e. The number of hydrogen-bond acceptors (Lipinski definition) is 4. The van der Waals surface area contributed by atoms with E-state index in [1.807, 2.05) is 0 Å². The van der Waals surface area contributed by atoms with E-state index in [2.05, 4.69) is 24.1 Å². The molecule has 174 valence electrons. The van der Waals surface area contributed by atoms with Crippen LogP contribution in [0.5, 0.6) is 0 Å². The van der Waals surface area contributed by atoms with Gasteiger partial charge in [0.1, 0.15) is 0 Å². The Hall–Kier alpha value is -1.15. The zero-order valence-corrected chi connectivity index (χ0v) is 20.3. The van der Waals surface area contributed by atoms with E-state index in [0.29, 0.717) is 37.5 Å². The number of hydrogen-bond donors (Lipinski definition) is 1. The highest BCUT2D eigenvalue weighted by atomic mass is 35.5. The van der Waals surface area contributed by atoms with E-state index in [0.717, 1.165) is 43.5 Å². The molecule has 0 saturated carbocycles. The van der Waals surface area contributed by atoms with Gasteiger partial charge in [0.25, 0.3) is 0 Å². The van der Waals surface area contributed by atoms with Gasteiger partial charge in [0.2, 0.25) is 15.9 Å². The number of halogens is 1. The van der Waals surface area contributed by atoms with Gasteiger partial charge >= 0.3 is 0 Å². The molecule has 0 unspecified atom stereocenters. The maximum Gasteiger partial charge on any atom is 0.223 e. The van der Waals surface area contributed by atoms with Gasteiger partial charge in [-0.05, 0) is 61.8 Å². The second-order valence-corrected chi connectivity index (χ2v) is 11.8. The summed E-state index contributed by atoms with van der Waals surface area (Å²) in [5.41, 5.74) is 0.724. The monoisotopic (exact) mass is 469 g/mol. The van der Waals surface area contributed by atoms with Crippen LogP contribution in [0.3, 0.4) is 0 Å². The summed E-state index contributed by atoms with van der Waals surface area (Å²) >= 11 is 5.87. The van der Waals surface area contributed by atoms with Crippen LogP contribution in [0.4, 0.5) is 0 Å². The number of carbonyl (C=O) groups is 1. The predicted octanol–water partition coefficient (Wildman–Crippen LogP) is 3.37. The highest BCUT2D eigenvalue weighted by Gasteiger charge is 2.31. The normalized spacial score (nSPS) is 24.2. The summed E-state index contributed by atoms with van der Waals surface area (Å²) in [6.07, 6.45) is 3.42. The lowest BCUT2D eigenvalue weighted by Gasteiger charge is -2.35. The molecule has 0 spiro atoms. The second kappa shape index (κ2) is 11.1. The lowest BCUT2D eigenvalue weighted by atomic mass is 9.92. The van der Waals surface area contributed by atoms with Crippen molar-refractivity contribution < 1.29 is 13.2 Å². The third kappa shape index (κ3) is 7.45. The van der Waals surface area contributed by atoms with Gasteiger partial charge in [-0.1, -0.05) is 37.6 Å². The molecule has 2 aliphatic heterocycles. The van der Waals surface area contributed by atoms with Gasteiger partial charge in [-0.25, -0.2) is 12.7 Å². The van der Waals surface area contributed by atoms with Crippen molar-refractivity contribution in [3.63, 3.8) is 0 Å². The first-order valence-corrected chi connectivity index (χ1v) is 13.4. The van der Waals surface area contributed by atoms with Crippen LogP contribution in [0.2, 0.25) is 5.02 Å². The van der Waals surface area contributed by atoms with Gasteiger partial charge < -0.3 is 10.2 Å². The molecule has 0 aromatic heterocycles. The highest BCUT2D eigenvalue weighted by molar-refractivity contribution is 7.88. The Morgan fingerprint density at radius 1 is 1.10 bits per heavy atom. The number of sulfonamides is 1. The lowest BCUT2D eigenvalue weighted by Crippen LogP contribution is -2.44. The van der Waals surface area contributed by atoms with Gasteiger partial charge in [0.15, 0.2) is 0 Å². The molecule has 0 radical (unpaired) electrons. The molecule has 31 heavy (non-hydrogen) atoms. The van der Waals surface area contributed by atoms with Crippen molar-refractivity contribution in [1.29, 1.82) is 0 Å². The Labute approximate surface area is 192 Å². The zero-order valence-electron chi connectivity index (χ0n) is 18.7. The standard InChI is InChI=1S/C23H36ClN3O3S/c1-18-14-19(2)16-26(15-18)11-3-10-25-23(28)21-8-12-27(13-9-21)31(29,30)17-20-4-6-22(24)7-5-20/h4-7,18-19,21H,3,8-17H2,1-2H3,(H,25,28)/t18-,19-/m0/s1. The number of rotatable bonds is 8. The molecule has 6 nitrogen and oxygen atoms in total. The van der Waals surface area contributed by atoms with Crippen LogP contribution in [0.15, 0.2) is 24.3 Å². The molecule has 2 aliphatic rings. The summed E-state index contributed by atoms with van der Waals surface area (Å²) in [6, 6.07) is 6.89. The van der Waals surface area contributed by atoms with Crippen LogP contribution in [-0.2, 0) is 20.6 Å². The van der Waals surface area contributed by atoms with Crippen LogP contribution in [-0.4, -0.2) is 62.8 Å². The average Bonchev–Trinajstić information content (AvgIpc) is 2.72. The van der Waals surface area contributed by atoms with Crippen molar-refractivity contribution in [3.05, 3.63) is 34.9 Å². The fraction of sp³-hybridized carbons (Fsp3) is 0.696. The molecule has 2 saturated heterocycles. The number of likely N-dealkylation sites (tertiary alicyclic amines) is 1. The van der Waals surface area contributed by atoms with Gasteiger partial charge in [-0.2, -0.15) is 0 Å². The first-order valence-electron chi connectivity index (χ1n) is 11.5. The van der Waals surface area contributed by atoms with Crippen molar-refractivity contribution in [2.24, 2.45) is 17.8 Å². The topological polar surface area (TPSA) is 69.7 Å². The van der Waals surface area contributed by atoms with Crippen molar-refractivity contribution in [3.8, 4) is 0 Å². The van der Waals surface area contributed by atoms with Gasteiger partial charge in [0, 0.05) is 43.7 Å². The molecule has 8 heteroatoms. The largest absolute Gasteiger partial charge is 0.356 e. The predicted molar refractivity (Wildman–Crippen MR) is 125 cm³/mol. The summed E-state index contributed by atoms with van der Waals surface area (Å²) in [7, 11) is -3.39. The molecule has 0 bridgehead atoms. The molecule has 2 atom stereocenters. The number of nitrogens with one attached hydrogen (secondary N) is 1. The quantitative estimate of drug-likeness (QED) is 0.592. The Bertz CT molecular complexity index is 813. The molecule has 2 fully saturated rings.